The first-order valence-electron chi connectivity index (χ1n) is 7.43. The van der Waals surface area contributed by atoms with Gasteiger partial charge in [0.1, 0.15) is 0 Å². The molecule has 0 aliphatic carbocycles. The zero-order chi connectivity index (χ0) is 18.2. The Balaban J connectivity index is 1.95. The molecule has 1 amide bonds. The maximum atomic E-state index is 12.3. The maximum absolute atomic E-state index is 12.3. The molecule has 2 rings (SSSR count). The van der Waals surface area contributed by atoms with E-state index >= 15 is 0 Å². The van der Waals surface area contributed by atoms with Crippen LogP contribution in [0.2, 0.25) is 0 Å². The minimum absolute atomic E-state index is 0.0430. The van der Waals surface area contributed by atoms with Gasteiger partial charge in [-0.05, 0) is 42.3 Å². The third kappa shape index (κ3) is 5.18. The van der Waals surface area contributed by atoms with Gasteiger partial charge in [0.2, 0.25) is 0 Å². The number of alkyl halides is 2. The van der Waals surface area contributed by atoms with Crippen molar-refractivity contribution in [3.05, 3.63) is 59.2 Å². The summed E-state index contributed by atoms with van der Waals surface area (Å²) in [5, 5.41) is 11.6. The van der Waals surface area contributed by atoms with Gasteiger partial charge in [0, 0.05) is 12.1 Å². The summed E-state index contributed by atoms with van der Waals surface area (Å²) >= 11 is 0. The fourth-order valence-corrected chi connectivity index (χ4v) is 2.21. The number of methoxy groups -OCH3 is 1. The third-order valence-electron chi connectivity index (χ3n) is 3.40. The van der Waals surface area contributed by atoms with Crippen molar-refractivity contribution < 1.29 is 23.0 Å². The minimum atomic E-state index is -2.93. The summed E-state index contributed by atoms with van der Waals surface area (Å²) in [6.45, 7) is -2.59. The second kappa shape index (κ2) is 8.64. The van der Waals surface area contributed by atoms with E-state index in [9.17, 15) is 13.6 Å². The van der Waals surface area contributed by atoms with Crippen molar-refractivity contribution in [1.29, 1.82) is 5.26 Å². The molecule has 0 saturated heterocycles. The van der Waals surface area contributed by atoms with Crippen LogP contribution >= 0.6 is 0 Å². The maximum Gasteiger partial charge on any atom is 0.387 e. The highest BCUT2D eigenvalue weighted by molar-refractivity contribution is 5.94. The lowest BCUT2D eigenvalue weighted by atomic mass is 10.1. The minimum Gasteiger partial charge on any atom is -0.493 e. The Hall–Kier alpha value is -3.14. The van der Waals surface area contributed by atoms with Crippen LogP contribution in [0.15, 0.2) is 42.5 Å². The lowest BCUT2D eigenvalue weighted by Gasteiger charge is -2.11. The van der Waals surface area contributed by atoms with Crippen molar-refractivity contribution in [2.24, 2.45) is 0 Å². The molecule has 0 bridgehead atoms. The van der Waals surface area contributed by atoms with E-state index in [1.807, 2.05) is 6.07 Å². The first kappa shape index (κ1) is 18.2. The van der Waals surface area contributed by atoms with Gasteiger partial charge in [0.05, 0.1) is 18.7 Å². The molecule has 2 aromatic carbocycles. The first-order chi connectivity index (χ1) is 12.0. The molecule has 0 aromatic heterocycles. The standard InChI is InChI=1S/C18H16F2N2O3/c1-24-16-10-12(5-6-15(16)25-18(19)20)7-8-22-17(23)14-4-2-3-13(9-14)11-21/h2-6,9-10,18H,7-8H2,1H3,(H,22,23). The zero-order valence-electron chi connectivity index (χ0n) is 13.5. The van der Waals surface area contributed by atoms with Crippen LogP contribution in [-0.2, 0) is 6.42 Å². The average Bonchev–Trinajstić information content (AvgIpc) is 2.62. The first-order valence-corrected chi connectivity index (χ1v) is 7.43. The number of carbonyl (C=O) groups excluding carboxylic acids is 1. The van der Waals surface area contributed by atoms with Crippen LogP contribution in [0.3, 0.4) is 0 Å². The Bertz CT molecular complexity index is 788. The number of ether oxygens (including phenoxy) is 2. The summed E-state index contributed by atoms with van der Waals surface area (Å²) in [5.41, 5.74) is 1.61. The van der Waals surface area contributed by atoms with E-state index in [4.69, 9.17) is 10.00 Å². The number of nitrogens with one attached hydrogen (secondary N) is 1. The van der Waals surface area contributed by atoms with Gasteiger partial charge in [0.15, 0.2) is 11.5 Å². The Labute approximate surface area is 143 Å². The van der Waals surface area contributed by atoms with Crippen LogP contribution in [0.1, 0.15) is 21.5 Å². The van der Waals surface area contributed by atoms with Crippen molar-refractivity contribution >= 4 is 5.91 Å². The summed E-state index contributed by atoms with van der Waals surface area (Å²) in [4.78, 5) is 12.1. The number of halogens is 2. The predicted molar refractivity (Wildman–Crippen MR) is 86.8 cm³/mol. The number of benzene rings is 2. The predicted octanol–water partition coefficient (Wildman–Crippen LogP) is 3.14. The van der Waals surface area contributed by atoms with Gasteiger partial charge in [-0.25, -0.2) is 0 Å². The normalized spacial score (nSPS) is 10.2. The third-order valence-corrected chi connectivity index (χ3v) is 3.40. The Morgan fingerprint density at radius 2 is 2.04 bits per heavy atom. The van der Waals surface area contributed by atoms with Crippen molar-refractivity contribution in [3.8, 4) is 17.6 Å². The largest absolute Gasteiger partial charge is 0.493 e. The van der Waals surface area contributed by atoms with Crippen LogP contribution in [0.5, 0.6) is 11.5 Å². The van der Waals surface area contributed by atoms with Crippen LogP contribution in [0, 0.1) is 11.3 Å². The molecule has 0 heterocycles. The molecule has 130 valence electrons. The van der Waals surface area contributed by atoms with E-state index in [-0.39, 0.29) is 17.4 Å². The molecule has 2 aromatic rings. The second-order valence-corrected chi connectivity index (χ2v) is 5.06. The van der Waals surface area contributed by atoms with Crippen molar-refractivity contribution in [2.45, 2.75) is 13.0 Å². The van der Waals surface area contributed by atoms with Gasteiger partial charge < -0.3 is 14.8 Å². The second-order valence-electron chi connectivity index (χ2n) is 5.06. The Morgan fingerprint density at radius 1 is 1.24 bits per heavy atom. The molecule has 5 nitrogen and oxygen atoms in total. The monoisotopic (exact) mass is 346 g/mol. The molecule has 0 aliphatic rings. The van der Waals surface area contributed by atoms with Crippen LogP contribution < -0.4 is 14.8 Å². The number of hydrogen-bond donors (Lipinski definition) is 1. The van der Waals surface area contributed by atoms with Gasteiger partial charge in [-0.1, -0.05) is 12.1 Å². The van der Waals surface area contributed by atoms with Crippen molar-refractivity contribution in [1.82, 2.24) is 5.32 Å². The molecular formula is C18H16F2N2O3. The highest BCUT2D eigenvalue weighted by Gasteiger charge is 2.11. The van der Waals surface area contributed by atoms with E-state index < -0.39 is 6.61 Å². The van der Waals surface area contributed by atoms with Crippen molar-refractivity contribution in [2.75, 3.05) is 13.7 Å². The topological polar surface area (TPSA) is 71.3 Å². The van der Waals surface area contributed by atoms with Gasteiger partial charge in [-0.3, -0.25) is 4.79 Å². The average molecular weight is 346 g/mol. The quantitative estimate of drug-likeness (QED) is 0.836. The summed E-state index contributed by atoms with van der Waals surface area (Å²) < 4.78 is 34.0. The van der Waals surface area contributed by atoms with Crippen LogP contribution in [-0.4, -0.2) is 26.2 Å². The summed E-state index contributed by atoms with van der Waals surface area (Å²) in [6.07, 6.45) is 0.481. The summed E-state index contributed by atoms with van der Waals surface area (Å²) in [6, 6.07) is 13.0. The van der Waals surface area contributed by atoms with Gasteiger partial charge in [-0.15, -0.1) is 0 Å². The molecule has 7 heteroatoms. The number of hydrogen-bond acceptors (Lipinski definition) is 4. The number of carbonyl (C=O) groups is 1. The Morgan fingerprint density at radius 3 is 2.72 bits per heavy atom. The molecular weight excluding hydrogens is 330 g/mol. The van der Waals surface area contributed by atoms with E-state index in [2.05, 4.69) is 10.1 Å². The summed E-state index contributed by atoms with van der Waals surface area (Å²) in [5.74, 6) is -0.133. The molecule has 0 radical (unpaired) electrons. The van der Waals surface area contributed by atoms with Gasteiger partial charge in [-0.2, -0.15) is 14.0 Å². The van der Waals surface area contributed by atoms with Gasteiger partial charge >= 0.3 is 6.61 Å². The molecule has 0 saturated carbocycles. The molecule has 0 atom stereocenters. The number of nitrogens with zero attached hydrogens (tertiary/aromatic N) is 1. The van der Waals surface area contributed by atoms with Gasteiger partial charge in [0.25, 0.3) is 5.91 Å². The molecule has 0 unspecified atom stereocenters. The van der Waals surface area contributed by atoms with E-state index in [0.29, 0.717) is 24.1 Å². The lowest BCUT2D eigenvalue weighted by Crippen LogP contribution is -2.25. The number of amides is 1. The number of nitriles is 1. The highest BCUT2D eigenvalue weighted by Crippen LogP contribution is 2.29. The fraction of sp³-hybridized carbons (Fsp3) is 0.222. The molecule has 0 aliphatic heterocycles. The SMILES string of the molecule is COc1cc(CCNC(=O)c2cccc(C#N)c2)ccc1OC(F)F. The van der Waals surface area contributed by atoms with Crippen LogP contribution in [0.4, 0.5) is 8.78 Å². The van der Waals surface area contributed by atoms with Crippen LogP contribution in [0.25, 0.3) is 0 Å². The molecule has 0 spiro atoms. The molecule has 0 fully saturated rings. The zero-order valence-corrected chi connectivity index (χ0v) is 13.5. The Kier molecular flexibility index (Phi) is 6.29. The summed E-state index contributed by atoms with van der Waals surface area (Å²) in [7, 11) is 1.36. The van der Waals surface area contributed by atoms with E-state index in [1.165, 1.54) is 19.2 Å². The van der Waals surface area contributed by atoms with E-state index in [0.717, 1.165) is 5.56 Å². The highest BCUT2D eigenvalue weighted by atomic mass is 19.3. The number of rotatable bonds is 7. The van der Waals surface area contributed by atoms with E-state index in [1.54, 1.807) is 30.3 Å². The fourth-order valence-electron chi connectivity index (χ4n) is 2.21. The smallest absolute Gasteiger partial charge is 0.387 e. The van der Waals surface area contributed by atoms with Crippen molar-refractivity contribution in [3.63, 3.8) is 0 Å². The molecule has 1 N–H and O–H groups in total. The lowest BCUT2D eigenvalue weighted by molar-refractivity contribution is -0.0512. The molecule has 25 heavy (non-hydrogen) atoms.